The summed E-state index contributed by atoms with van der Waals surface area (Å²) >= 11 is 0. The van der Waals surface area contributed by atoms with Crippen molar-refractivity contribution in [1.29, 1.82) is 0 Å². The molecule has 11 heteroatoms. The van der Waals surface area contributed by atoms with Gasteiger partial charge in [-0.05, 0) is 26.0 Å². The molecule has 5 nitrogen and oxygen atoms in total. The van der Waals surface area contributed by atoms with E-state index in [1.54, 1.807) is 6.92 Å². The number of halogens is 6. The Bertz CT molecular complexity index is 623. The van der Waals surface area contributed by atoms with Crippen molar-refractivity contribution in [3.63, 3.8) is 0 Å². The Morgan fingerprint density at radius 3 is 2.00 bits per heavy atom. The molecule has 0 fully saturated rings. The number of esters is 1. The highest BCUT2D eigenvalue weighted by Gasteiger charge is 2.71. The molecule has 140 valence electrons. The minimum absolute atomic E-state index is 0.000836. The Morgan fingerprint density at radius 1 is 1.12 bits per heavy atom. The second kappa shape index (κ2) is 7.30. The zero-order valence-corrected chi connectivity index (χ0v) is 13.0. The highest BCUT2D eigenvalue weighted by Crippen LogP contribution is 2.50. The van der Waals surface area contributed by atoms with Gasteiger partial charge in [-0.1, -0.05) is 12.1 Å². The number of hydrogen-bond acceptors (Lipinski definition) is 5. The zero-order valence-electron chi connectivity index (χ0n) is 13.0. The maximum atomic E-state index is 12.7. The Balaban J connectivity index is 3.06. The molecule has 1 rings (SSSR count). The van der Waals surface area contributed by atoms with Gasteiger partial charge in [0.2, 0.25) is 0 Å². The van der Waals surface area contributed by atoms with Crippen molar-refractivity contribution in [2.45, 2.75) is 31.8 Å². The molecule has 0 amide bonds. The van der Waals surface area contributed by atoms with Crippen LogP contribution in [0.15, 0.2) is 29.4 Å². The standard InChI is InChI=1S/C14H14F6N2O3/c1-3-25-11(23)8(2)21-22-10-6-4-9(5-7-10)12(24,13(15,16)17)14(18,19)20/h4-7,22,24H,3H2,1-2H3/b21-8+. The lowest BCUT2D eigenvalue weighted by molar-refractivity contribution is -0.376. The van der Waals surface area contributed by atoms with E-state index in [9.17, 15) is 36.2 Å². The van der Waals surface area contributed by atoms with Gasteiger partial charge in [0, 0.05) is 5.56 Å². The monoisotopic (exact) mass is 372 g/mol. The van der Waals surface area contributed by atoms with Crippen molar-refractivity contribution >= 4 is 17.4 Å². The molecule has 25 heavy (non-hydrogen) atoms. The number of benzene rings is 1. The van der Waals surface area contributed by atoms with E-state index in [1.807, 2.05) is 0 Å². The number of anilines is 1. The summed E-state index contributed by atoms with van der Waals surface area (Å²) in [4.78, 5) is 11.3. The Morgan fingerprint density at radius 2 is 1.60 bits per heavy atom. The molecule has 0 heterocycles. The molecule has 0 saturated heterocycles. The number of hydrazone groups is 1. The van der Waals surface area contributed by atoms with Gasteiger partial charge >= 0.3 is 18.3 Å². The van der Waals surface area contributed by atoms with Crippen molar-refractivity contribution in [2.75, 3.05) is 12.0 Å². The Hall–Kier alpha value is -2.30. The first kappa shape index (κ1) is 20.7. The first-order chi connectivity index (χ1) is 11.3. The van der Waals surface area contributed by atoms with Gasteiger partial charge in [0.25, 0.3) is 5.60 Å². The summed E-state index contributed by atoms with van der Waals surface area (Å²) < 4.78 is 81.1. The van der Waals surface area contributed by atoms with Crippen LogP contribution in [0.3, 0.4) is 0 Å². The van der Waals surface area contributed by atoms with E-state index in [-0.39, 0.29) is 18.0 Å². The van der Waals surface area contributed by atoms with E-state index in [2.05, 4.69) is 15.3 Å². The van der Waals surface area contributed by atoms with E-state index in [4.69, 9.17) is 0 Å². The predicted molar refractivity (Wildman–Crippen MR) is 75.8 cm³/mol. The van der Waals surface area contributed by atoms with Gasteiger partial charge in [-0.25, -0.2) is 4.79 Å². The lowest BCUT2D eigenvalue weighted by atomic mass is 9.92. The fraction of sp³-hybridized carbons (Fsp3) is 0.429. The Labute approximate surface area is 138 Å². The predicted octanol–water partition coefficient (Wildman–Crippen LogP) is 3.35. The number of nitrogens with zero attached hydrogens (tertiary/aromatic N) is 1. The van der Waals surface area contributed by atoms with Crippen LogP contribution in [0.1, 0.15) is 19.4 Å². The molecule has 0 aliphatic rings. The van der Waals surface area contributed by atoms with Crippen molar-refractivity contribution in [3.05, 3.63) is 29.8 Å². The average Bonchev–Trinajstić information content (AvgIpc) is 2.50. The molecule has 0 saturated carbocycles. The van der Waals surface area contributed by atoms with Gasteiger partial charge < -0.3 is 9.84 Å². The SMILES string of the molecule is CCOC(=O)/C(C)=N/Nc1ccc(C(O)(C(F)(F)F)C(F)(F)F)cc1. The molecule has 2 N–H and O–H groups in total. The fourth-order valence-electron chi connectivity index (χ4n) is 1.70. The number of nitrogens with one attached hydrogen (secondary N) is 1. The first-order valence-electron chi connectivity index (χ1n) is 6.78. The van der Waals surface area contributed by atoms with Crippen LogP contribution in [0.2, 0.25) is 0 Å². The topological polar surface area (TPSA) is 70.9 Å². The molecule has 0 radical (unpaired) electrons. The second-order valence-corrected chi connectivity index (χ2v) is 4.81. The normalized spacial score (nSPS) is 13.6. The number of carbonyl (C=O) groups is 1. The third kappa shape index (κ3) is 4.41. The van der Waals surface area contributed by atoms with Crippen LogP contribution in [0, 0.1) is 0 Å². The van der Waals surface area contributed by atoms with Crippen molar-refractivity contribution in [1.82, 2.24) is 0 Å². The summed E-state index contributed by atoms with van der Waals surface area (Å²) in [5.41, 5.74) is -4.22. The highest BCUT2D eigenvalue weighted by atomic mass is 19.4. The number of hydrogen-bond donors (Lipinski definition) is 2. The molecule has 0 unspecified atom stereocenters. The molecule has 0 aliphatic heterocycles. The van der Waals surface area contributed by atoms with Gasteiger partial charge in [0.15, 0.2) is 0 Å². The van der Waals surface area contributed by atoms with Crippen molar-refractivity contribution < 1.29 is 41.0 Å². The highest BCUT2D eigenvalue weighted by molar-refractivity contribution is 6.35. The summed E-state index contributed by atoms with van der Waals surface area (Å²) in [6, 6.07) is 2.61. The smallest absolute Gasteiger partial charge is 0.430 e. The number of rotatable bonds is 5. The summed E-state index contributed by atoms with van der Waals surface area (Å²) in [6.07, 6.45) is -11.9. The average molecular weight is 372 g/mol. The number of aliphatic hydroxyl groups is 1. The second-order valence-electron chi connectivity index (χ2n) is 4.81. The molecule has 1 aromatic carbocycles. The maximum Gasteiger partial charge on any atom is 0.430 e. The van der Waals surface area contributed by atoms with Crippen LogP contribution < -0.4 is 5.43 Å². The third-order valence-corrected chi connectivity index (χ3v) is 3.05. The maximum absolute atomic E-state index is 12.7. The molecule has 0 bridgehead atoms. The van der Waals surface area contributed by atoms with Crippen LogP contribution in [-0.2, 0) is 15.1 Å². The summed E-state index contributed by atoms with van der Waals surface area (Å²) in [7, 11) is 0. The quantitative estimate of drug-likeness (QED) is 0.360. The zero-order chi connectivity index (χ0) is 19.5. The molecule has 0 spiro atoms. The molecular formula is C14H14F6N2O3. The van der Waals surface area contributed by atoms with Gasteiger partial charge in [-0.2, -0.15) is 31.4 Å². The Kier molecular flexibility index (Phi) is 6.05. The summed E-state index contributed by atoms with van der Waals surface area (Å²) in [5.74, 6) is -0.741. The molecule has 0 aliphatic carbocycles. The molecule has 1 aromatic rings. The van der Waals surface area contributed by atoms with Crippen LogP contribution in [-0.4, -0.2) is 35.7 Å². The van der Waals surface area contributed by atoms with Crippen molar-refractivity contribution in [3.8, 4) is 0 Å². The summed E-state index contributed by atoms with van der Waals surface area (Å²) in [5, 5.41) is 12.8. The van der Waals surface area contributed by atoms with E-state index in [0.717, 1.165) is 12.1 Å². The minimum atomic E-state index is -5.96. The third-order valence-electron chi connectivity index (χ3n) is 3.05. The molecular weight excluding hydrogens is 358 g/mol. The molecule has 0 aromatic heterocycles. The van der Waals surface area contributed by atoms with Gasteiger partial charge in [-0.3, -0.25) is 5.43 Å². The van der Waals surface area contributed by atoms with Crippen LogP contribution in [0.5, 0.6) is 0 Å². The first-order valence-corrected chi connectivity index (χ1v) is 6.78. The van der Waals surface area contributed by atoms with Crippen LogP contribution >= 0.6 is 0 Å². The fourth-order valence-corrected chi connectivity index (χ4v) is 1.70. The van der Waals surface area contributed by atoms with E-state index in [0.29, 0.717) is 12.1 Å². The molecule has 0 atom stereocenters. The van der Waals surface area contributed by atoms with Gasteiger partial charge in [0.05, 0.1) is 12.3 Å². The van der Waals surface area contributed by atoms with E-state index >= 15 is 0 Å². The lowest BCUT2D eigenvalue weighted by Crippen LogP contribution is -2.53. The van der Waals surface area contributed by atoms with Crippen LogP contribution in [0.4, 0.5) is 32.0 Å². The number of ether oxygens (including phenoxy) is 1. The van der Waals surface area contributed by atoms with Gasteiger partial charge in [-0.15, -0.1) is 0 Å². The lowest BCUT2D eigenvalue weighted by Gasteiger charge is -2.32. The van der Waals surface area contributed by atoms with Crippen LogP contribution in [0.25, 0.3) is 0 Å². The largest absolute Gasteiger partial charge is 0.461 e. The summed E-state index contributed by atoms with van der Waals surface area (Å²) in [6.45, 7) is 2.97. The van der Waals surface area contributed by atoms with E-state index < -0.39 is 29.5 Å². The number of alkyl halides is 6. The van der Waals surface area contributed by atoms with Gasteiger partial charge in [0.1, 0.15) is 5.71 Å². The van der Waals surface area contributed by atoms with E-state index in [1.165, 1.54) is 6.92 Å². The van der Waals surface area contributed by atoms with Crippen molar-refractivity contribution in [2.24, 2.45) is 5.10 Å². The number of carbonyl (C=O) groups excluding carboxylic acids is 1. The minimum Gasteiger partial charge on any atom is -0.461 e.